The molecule has 24 heavy (non-hydrogen) atoms. The van der Waals surface area contributed by atoms with Gasteiger partial charge in [0.2, 0.25) is 0 Å². The standard InChI is InChI=1S/C16H19N5O3/c1-11(13-4-2-3-8-18-13)20-14-6-5-12(10-15(14)21(23)24)16(22)19-9-7-17/h2-6,8,10-11,20H,7,9,17H2,1H3,(H,19,22). The quantitative estimate of drug-likeness (QED) is 0.526. The lowest BCUT2D eigenvalue weighted by atomic mass is 10.1. The number of pyridine rings is 1. The first-order chi connectivity index (χ1) is 11.5. The minimum atomic E-state index is -0.521. The van der Waals surface area contributed by atoms with E-state index in [-0.39, 0.29) is 17.3 Å². The van der Waals surface area contributed by atoms with Crippen molar-refractivity contribution in [2.75, 3.05) is 18.4 Å². The number of nitro groups is 1. The lowest BCUT2D eigenvalue weighted by molar-refractivity contribution is -0.384. The number of hydrogen-bond donors (Lipinski definition) is 3. The van der Waals surface area contributed by atoms with Gasteiger partial charge >= 0.3 is 0 Å². The maximum atomic E-state index is 11.9. The molecule has 2 rings (SSSR count). The number of hydrogen-bond acceptors (Lipinski definition) is 6. The monoisotopic (exact) mass is 329 g/mol. The second-order valence-electron chi connectivity index (χ2n) is 5.15. The van der Waals surface area contributed by atoms with E-state index in [9.17, 15) is 14.9 Å². The summed E-state index contributed by atoms with van der Waals surface area (Å²) in [5, 5.41) is 17.0. The van der Waals surface area contributed by atoms with Gasteiger partial charge in [0.15, 0.2) is 0 Å². The van der Waals surface area contributed by atoms with Crippen molar-refractivity contribution in [3.05, 3.63) is 64.0 Å². The van der Waals surface area contributed by atoms with Crippen LogP contribution in [0.15, 0.2) is 42.6 Å². The predicted octanol–water partition coefficient (Wildman–Crippen LogP) is 1.85. The largest absolute Gasteiger partial charge is 0.371 e. The Balaban J connectivity index is 2.23. The van der Waals surface area contributed by atoms with Gasteiger partial charge in [-0.2, -0.15) is 0 Å². The van der Waals surface area contributed by atoms with Crippen molar-refractivity contribution in [3.8, 4) is 0 Å². The van der Waals surface area contributed by atoms with Crippen LogP contribution in [0.2, 0.25) is 0 Å². The summed E-state index contributed by atoms with van der Waals surface area (Å²) in [7, 11) is 0. The van der Waals surface area contributed by atoms with Crippen LogP contribution >= 0.6 is 0 Å². The van der Waals surface area contributed by atoms with Crippen molar-refractivity contribution in [1.29, 1.82) is 0 Å². The number of amides is 1. The molecule has 1 aromatic carbocycles. The van der Waals surface area contributed by atoms with E-state index in [1.165, 1.54) is 18.2 Å². The lowest BCUT2D eigenvalue weighted by Crippen LogP contribution is -2.29. The first kappa shape index (κ1) is 17.4. The van der Waals surface area contributed by atoms with E-state index >= 15 is 0 Å². The Labute approximate surface area is 139 Å². The Morgan fingerprint density at radius 3 is 2.79 bits per heavy atom. The van der Waals surface area contributed by atoms with Crippen molar-refractivity contribution in [1.82, 2.24) is 10.3 Å². The summed E-state index contributed by atoms with van der Waals surface area (Å²) in [6.07, 6.45) is 1.66. The van der Waals surface area contributed by atoms with Crippen molar-refractivity contribution in [2.24, 2.45) is 5.73 Å². The molecule has 0 saturated carbocycles. The second-order valence-corrected chi connectivity index (χ2v) is 5.15. The zero-order chi connectivity index (χ0) is 17.5. The number of carbonyl (C=O) groups excluding carboxylic acids is 1. The predicted molar refractivity (Wildman–Crippen MR) is 90.8 cm³/mol. The molecule has 0 spiro atoms. The molecule has 2 aromatic rings. The summed E-state index contributed by atoms with van der Waals surface area (Å²) in [4.78, 5) is 26.9. The van der Waals surface area contributed by atoms with E-state index in [0.29, 0.717) is 18.8 Å². The van der Waals surface area contributed by atoms with E-state index in [1.807, 2.05) is 19.1 Å². The summed E-state index contributed by atoms with van der Waals surface area (Å²) >= 11 is 0. The fourth-order valence-electron chi connectivity index (χ4n) is 2.17. The maximum Gasteiger partial charge on any atom is 0.293 e. The highest BCUT2D eigenvalue weighted by Gasteiger charge is 2.19. The number of nitrogens with one attached hydrogen (secondary N) is 2. The van der Waals surface area contributed by atoms with Crippen LogP contribution in [0.3, 0.4) is 0 Å². The van der Waals surface area contributed by atoms with Crippen molar-refractivity contribution >= 4 is 17.3 Å². The molecule has 0 bridgehead atoms. The number of aromatic nitrogens is 1. The zero-order valence-electron chi connectivity index (χ0n) is 13.2. The Kier molecular flexibility index (Phi) is 5.80. The summed E-state index contributed by atoms with van der Waals surface area (Å²) in [6.45, 7) is 2.46. The second kappa shape index (κ2) is 8.02. The number of nitrogens with two attached hydrogens (primary N) is 1. The molecule has 126 valence electrons. The van der Waals surface area contributed by atoms with Crippen molar-refractivity contribution in [2.45, 2.75) is 13.0 Å². The maximum absolute atomic E-state index is 11.9. The fourth-order valence-corrected chi connectivity index (χ4v) is 2.17. The van der Waals surface area contributed by atoms with Crippen LogP contribution < -0.4 is 16.4 Å². The smallest absolute Gasteiger partial charge is 0.293 e. The highest BCUT2D eigenvalue weighted by molar-refractivity contribution is 5.95. The zero-order valence-corrected chi connectivity index (χ0v) is 13.2. The Hall–Kier alpha value is -3.00. The number of rotatable bonds is 7. The van der Waals surface area contributed by atoms with Crippen LogP contribution in [-0.4, -0.2) is 28.9 Å². The molecule has 8 nitrogen and oxygen atoms in total. The average Bonchev–Trinajstić information content (AvgIpc) is 2.60. The molecule has 1 unspecified atom stereocenters. The van der Waals surface area contributed by atoms with Crippen LogP contribution in [-0.2, 0) is 0 Å². The molecule has 4 N–H and O–H groups in total. The highest BCUT2D eigenvalue weighted by atomic mass is 16.6. The SMILES string of the molecule is CC(Nc1ccc(C(=O)NCCN)cc1[N+](=O)[O-])c1ccccn1. The minimum Gasteiger partial charge on any atom is -0.371 e. The first-order valence-corrected chi connectivity index (χ1v) is 7.47. The molecular formula is C16H19N5O3. The lowest BCUT2D eigenvalue weighted by Gasteiger charge is -2.15. The van der Waals surface area contributed by atoms with Crippen LogP contribution in [0.5, 0.6) is 0 Å². The van der Waals surface area contributed by atoms with Gasteiger partial charge in [-0.25, -0.2) is 0 Å². The summed E-state index contributed by atoms with van der Waals surface area (Å²) < 4.78 is 0. The van der Waals surface area contributed by atoms with Gasteiger partial charge in [-0.05, 0) is 31.2 Å². The van der Waals surface area contributed by atoms with Gasteiger partial charge in [-0.15, -0.1) is 0 Å². The number of benzene rings is 1. The normalized spacial score (nSPS) is 11.6. The molecular weight excluding hydrogens is 310 g/mol. The minimum absolute atomic E-state index is 0.168. The average molecular weight is 329 g/mol. The highest BCUT2D eigenvalue weighted by Crippen LogP contribution is 2.28. The third-order valence-corrected chi connectivity index (χ3v) is 3.39. The van der Waals surface area contributed by atoms with Gasteiger partial charge in [0.25, 0.3) is 11.6 Å². The van der Waals surface area contributed by atoms with E-state index in [1.54, 1.807) is 12.3 Å². The Bertz CT molecular complexity index is 721. The summed E-state index contributed by atoms with van der Waals surface area (Å²) in [6, 6.07) is 9.56. The number of carbonyl (C=O) groups is 1. The van der Waals surface area contributed by atoms with Crippen molar-refractivity contribution in [3.63, 3.8) is 0 Å². The molecule has 0 radical (unpaired) electrons. The number of nitro benzene ring substituents is 1. The topological polar surface area (TPSA) is 123 Å². The van der Waals surface area contributed by atoms with Crippen LogP contribution in [0, 0.1) is 10.1 Å². The van der Waals surface area contributed by atoms with Gasteiger partial charge in [-0.3, -0.25) is 19.9 Å². The van der Waals surface area contributed by atoms with Gasteiger partial charge in [0.05, 0.1) is 16.7 Å². The molecule has 1 aromatic heterocycles. The van der Waals surface area contributed by atoms with E-state index in [0.717, 1.165) is 5.69 Å². The van der Waals surface area contributed by atoms with Gasteiger partial charge < -0.3 is 16.4 Å². The molecule has 0 aliphatic heterocycles. The molecule has 0 aliphatic rings. The molecule has 1 atom stereocenters. The molecule has 0 fully saturated rings. The summed E-state index contributed by atoms with van der Waals surface area (Å²) in [5.41, 5.74) is 6.46. The van der Waals surface area contributed by atoms with Gasteiger partial charge in [0.1, 0.15) is 5.69 Å². The summed E-state index contributed by atoms with van der Waals surface area (Å²) in [5.74, 6) is -0.395. The Morgan fingerprint density at radius 2 is 2.17 bits per heavy atom. The van der Waals surface area contributed by atoms with E-state index in [4.69, 9.17) is 5.73 Å². The first-order valence-electron chi connectivity index (χ1n) is 7.47. The van der Waals surface area contributed by atoms with Crippen LogP contribution in [0.25, 0.3) is 0 Å². The fraction of sp³-hybridized carbons (Fsp3) is 0.250. The molecule has 0 saturated heterocycles. The Morgan fingerprint density at radius 1 is 1.38 bits per heavy atom. The number of nitrogens with zero attached hydrogens (tertiary/aromatic N) is 2. The van der Waals surface area contributed by atoms with E-state index in [2.05, 4.69) is 15.6 Å². The molecule has 0 aliphatic carbocycles. The van der Waals surface area contributed by atoms with Gasteiger partial charge in [-0.1, -0.05) is 6.07 Å². The van der Waals surface area contributed by atoms with E-state index < -0.39 is 10.8 Å². The third kappa shape index (κ3) is 4.26. The molecule has 1 amide bonds. The molecule has 8 heteroatoms. The van der Waals surface area contributed by atoms with Crippen molar-refractivity contribution < 1.29 is 9.72 Å². The number of anilines is 1. The van der Waals surface area contributed by atoms with Gasteiger partial charge in [0, 0.05) is 30.9 Å². The molecule has 1 heterocycles. The van der Waals surface area contributed by atoms with Crippen LogP contribution in [0.1, 0.15) is 29.0 Å². The third-order valence-electron chi connectivity index (χ3n) is 3.39. The van der Waals surface area contributed by atoms with Crippen LogP contribution in [0.4, 0.5) is 11.4 Å².